The molecular formula is C13H10N4O. The third kappa shape index (κ3) is 1.47. The molecule has 0 aliphatic heterocycles. The molecule has 0 amide bonds. The van der Waals surface area contributed by atoms with Crippen LogP contribution in [0.1, 0.15) is 17.0 Å². The van der Waals surface area contributed by atoms with E-state index >= 15 is 0 Å². The van der Waals surface area contributed by atoms with E-state index in [4.69, 9.17) is 9.68 Å². The Balaban J connectivity index is 2.23. The number of nitrogens with zero attached hydrogens (tertiary/aromatic N) is 4. The average molecular weight is 238 g/mol. The van der Waals surface area contributed by atoms with E-state index in [1.165, 1.54) is 6.26 Å². The van der Waals surface area contributed by atoms with E-state index in [1.54, 1.807) is 12.4 Å². The molecule has 5 heteroatoms. The van der Waals surface area contributed by atoms with Gasteiger partial charge >= 0.3 is 0 Å². The van der Waals surface area contributed by atoms with Gasteiger partial charge in [-0.25, -0.2) is 9.97 Å². The number of hydrogen-bond donors (Lipinski definition) is 0. The van der Waals surface area contributed by atoms with E-state index in [9.17, 15) is 0 Å². The van der Waals surface area contributed by atoms with Gasteiger partial charge in [-0.2, -0.15) is 5.26 Å². The van der Waals surface area contributed by atoms with Crippen molar-refractivity contribution in [2.45, 2.75) is 13.8 Å². The summed E-state index contributed by atoms with van der Waals surface area (Å²) in [6, 6.07) is 5.63. The first-order valence-electron chi connectivity index (χ1n) is 5.49. The van der Waals surface area contributed by atoms with Gasteiger partial charge in [0.05, 0.1) is 11.3 Å². The molecule has 0 aromatic carbocycles. The van der Waals surface area contributed by atoms with Crippen LogP contribution in [0.3, 0.4) is 0 Å². The highest BCUT2D eigenvalue weighted by molar-refractivity contribution is 5.60. The van der Waals surface area contributed by atoms with Gasteiger partial charge in [-0.05, 0) is 19.9 Å². The predicted octanol–water partition coefficient (Wildman–Crippen LogP) is 2.48. The number of rotatable bonds is 1. The number of fused-ring (bicyclic) bond motifs is 1. The van der Waals surface area contributed by atoms with Gasteiger partial charge in [-0.1, -0.05) is 0 Å². The van der Waals surface area contributed by atoms with Crippen molar-refractivity contribution in [2.24, 2.45) is 0 Å². The second-order valence-corrected chi connectivity index (χ2v) is 4.12. The zero-order chi connectivity index (χ0) is 12.7. The normalized spacial score (nSPS) is 10.7. The van der Waals surface area contributed by atoms with Crippen LogP contribution in [0.25, 0.3) is 17.1 Å². The van der Waals surface area contributed by atoms with Crippen LogP contribution in [0.4, 0.5) is 0 Å². The molecule has 0 atom stereocenters. The lowest BCUT2D eigenvalue weighted by Gasteiger charge is -2.02. The van der Waals surface area contributed by atoms with Crippen molar-refractivity contribution in [1.29, 1.82) is 5.26 Å². The van der Waals surface area contributed by atoms with Gasteiger partial charge in [0.25, 0.3) is 0 Å². The molecule has 0 aliphatic carbocycles. The molecule has 5 nitrogen and oxygen atoms in total. The predicted molar refractivity (Wildman–Crippen MR) is 64.9 cm³/mol. The van der Waals surface area contributed by atoms with Crippen molar-refractivity contribution < 1.29 is 4.42 Å². The number of furan rings is 1. The highest BCUT2D eigenvalue weighted by Crippen LogP contribution is 2.22. The maximum absolute atomic E-state index is 8.79. The Kier molecular flexibility index (Phi) is 2.17. The first-order valence-corrected chi connectivity index (χ1v) is 5.49. The van der Waals surface area contributed by atoms with E-state index < -0.39 is 0 Å². The molecular weight excluding hydrogens is 228 g/mol. The minimum absolute atomic E-state index is 0.495. The summed E-state index contributed by atoms with van der Waals surface area (Å²) in [6.45, 7) is 3.89. The van der Waals surface area contributed by atoms with Gasteiger partial charge in [0.1, 0.15) is 24.4 Å². The average Bonchev–Trinajstić information content (AvgIpc) is 2.97. The third-order valence-electron chi connectivity index (χ3n) is 2.85. The highest BCUT2D eigenvalue weighted by Gasteiger charge is 2.10. The Bertz CT molecular complexity index is 776. The van der Waals surface area contributed by atoms with Gasteiger partial charge < -0.3 is 4.42 Å². The van der Waals surface area contributed by atoms with Crippen molar-refractivity contribution in [3.05, 3.63) is 41.7 Å². The van der Waals surface area contributed by atoms with E-state index in [1.807, 2.05) is 30.4 Å². The lowest BCUT2D eigenvalue weighted by Crippen LogP contribution is -1.95. The molecule has 0 bridgehead atoms. The smallest absolute Gasteiger partial charge is 0.160 e. The number of hydrogen-bond acceptors (Lipinski definition) is 4. The van der Waals surface area contributed by atoms with Crippen LogP contribution in [0.15, 0.2) is 29.1 Å². The molecule has 0 aliphatic rings. The fraction of sp³-hybridized carbons (Fsp3) is 0.154. The summed E-state index contributed by atoms with van der Waals surface area (Å²) >= 11 is 0. The number of aromatic nitrogens is 3. The topological polar surface area (TPSA) is 67.1 Å². The Morgan fingerprint density at radius 2 is 2.17 bits per heavy atom. The van der Waals surface area contributed by atoms with Crippen LogP contribution < -0.4 is 0 Å². The van der Waals surface area contributed by atoms with E-state index in [0.29, 0.717) is 17.0 Å². The Labute approximate surface area is 103 Å². The maximum atomic E-state index is 8.79. The molecule has 88 valence electrons. The molecule has 3 aromatic heterocycles. The molecule has 0 N–H and O–H groups in total. The van der Waals surface area contributed by atoms with Crippen molar-refractivity contribution in [3.63, 3.8) is 0 Å². The van der Waals surface area contributed by atoms with E-state index in [0.717, 1.165) is 17.0 Å². The summed E-state index contributed by atoms with van der Waals surface area (Å²) < 4.78 is 7.27. The molecule has 0 spiro atoms. The van der Waals surface area contributed by atoms with E-state index in [2.05, 4.69) is 9.97 Å². The van der Waals surface area contributed by atoms with Crippen LogP contribution in [-0.2, 0) is 0 Å². The molecule has 18 heavy (non-hydrogen) atoms. The van der Waals surface area contributed by atoms with Crippen LogP contribution in [-0.4, -0.2) is 14.4 Å². The Morgan fingerprint density at radius 1 is 1.33 bits per heavy atom. The van der Waals surface area contributed by atoms with Crippen molar-refractivity contribution in [3.8, 4) is 17.5 Å². The molecule has 3 rings (SSSR count). The fourth-order valence-corrected chi connectivity index (χ4v) is 1.89. The molecule has 0 saturated carbocycles. The summed E-state index contributed by atoms with van der Waals surface area (Å²) in [5.41, 5.74) is 3.90. The van der Waals surface area contributed by atoms with E-state index in [-0.39, 0.29) is 0 Å². The van der Waals surface area contributed by atoms with Gasteiger partial charge in [0.15, 0.2) is 11.4 Å². The summed E-state index contributed by atoms with van der Waals surface area (Å²) in [5, 5.41) is 8.79. The van der Waals surface area contributed by atoms with Crippen LogP contribution in [0.5, 0.6) is 0 Å². The van der Waals surface area contributed by atoms with Crippen molar-refractivity contribution >= 4 is 5.65 Å². The second kappa shape index (κ2) is 3.70. The summed E-state index contributed by atoms with van der Waals surface area (Å²) in [4.78, 5) is 8.74. The maximum Gasteiger partial charge on any atom is 0.160 e. The van der Waals surface area contributed by atoms with Gasteiger partial charge in [-0.3, -0.25) is 4.40 Å². The van der Waals surface area contributed by atoms with Crippen molar-refractivity contribution in [2.75, 3.05) is 0 Å². The minimum Gasteiger partial charge on any atom is -0.461 e. The lowest BCUT2D eigenvalue weighted by atomic mass is 10.2. The largest absolute Gasteiger partial charge is 0.461 e. The molecule has 0 radical (unpaired) electrons. The fourth-order valence-electron chi connectivity index (χ4n) is 1.89. The van der Waals surface area contributed by atoms with Gasteiger partial charge in [0.2, 0.25) is 0 Å². The highest BCUT2D eigenvalue weighted by atomic mass is 16.3. The first kappa shape index (κ1) is 10.5. The van der Waals surface area contributed by atoms with Gasteiger partial charge in [0, 0.05) is 11.8 Å². The Morgan fingerprint density at radius 3 is 2.89 bits per heavy atom. The molecule has 3 heterocycles. The Hall–Kier alpha value is -2.61. The second-order valence-electron chi connectivity index (χ2n) is 4.12. The van der Waals surface area contributed by atoms with Gasteiger partial charge in [-0.15, -0.1) is 0 Å². The van der Waals surface area contributed by atoms with Crippen LogP contribution in [0.2, 0.25) is 0 Å². The number of aryl methyl sites for hydroxylation is 2. The quantitative estimate of drug-likeness (QED) is 0.653. The third-order valence-corrected chi connectivity index (χ3v) is 2.85. The summed E-state index contributed by atoms with van der Waals surface area (Å²) in [6.07, 6.45) is 3.18. The number of nitriles is 1. The molecule has 3 aromatic rings. The molecule has 0 fully saturated rings. The van der Waals surface area contributed by atoms with Crippen LogP contribution >= 0.6 is 0 Å². The lowest BCUT2D eigenvalue weighted by molar-refractivity contribution is 0.579. The SMILES string of the molecule is Cc1ncn2c(C)cc(-c3cc(C#N)co3)nc12. The molecule has 0 unspecified atom stereocenters. The van der Waals surface area contributed by atoms with Crippen LogP contribution in [0, 0.1) is 25.2 Å². The minimum atomic E-state index is 0.495. The first-order chi connectivity index (χ1) is 8.69. The zero-order valence-electron chi connectivity index (χ0n) is 10.0. The zero-order valence-corrected chi connectivity index (χ0v) is 10.0. The monoisotopic (exact) mass is 238 g/mol. The molecule has 0 saturated heterocycles. The summed E-state index contributed by atoms with van der Waals surface area (Å²) in [5.74, 6) is 0.595. The van der Waals surface area contributed by atoms with Crippen molar-refractivity contribution in [1.82, 2.24) is 14.4 Å². The number of imidazole rings is 1. The summed E-state index contributed by atoms with van der Waals surface area (Å²) in [7, 11) is 0. The standard InChI is InChI=1S/C13H10N4O/c1-8-3-11(12-4-10(5-14)6-18-12)16-13-9(2)15-7-17(8)13/h3-4,6-7H,1-2H3.